The monoisotopic (exact) mass is 340 g/mol. The predicted molar refractivity (Wildman–Crippen MR) is 115 cm³/mol. The summed E-state index contributed by atoms with van der Waals surface area (Å²) in [5, 5.41) is 2.69. The van der Waals surface area contributed by atoms with E-state index in [0.717, 1.165) is 0 Å². The second kappa shape index (κ2) is 7.61. The Labute approximate surface area is 154 Å². The van der Waals surface area contributed by atoms with Crippen LogP contribution in [-0.2, 0) is 5.54 Å². The summed E-state index contributed by atoms with van der Waals surface area (Å²) in [6.07, 6.45) is 0. The lowest BCUT2D eigenvalue weighted by atomic mass is 10.1. The Bertz CT molecular complexity index is 758. The van der Waals surface area contributed by atoms with Crippen molar-refractivity contribution >= 4 is 21.8 Å². The van der Waals surface area contributed by atoms with Crippen molar-refractivity contribution in [2.24, 2.45) is 0 Å². The van der Waals surface area contributed by atoms with Gasteiger partial charge in [-0.25, -0.2) is 0 Å². The zero-order chi connectivity index (χ0) is 18.1. The average Bonchev–Trinajstić information content (AvgIpc) is 2.81. The van der Waals surface area contributed by atoms with E-state index in [2.05, 4.69) is 114 Å². The van der Waals surface area contributed by atoms with E-state index in [-0.39, 0.29) is 13.0 Å². The Balaban J connectivity index is 0.000000339. The normalized spacial score (nSPS) is 12.0. The summed E-state index contributed by atoms with van der Waals surface area (Å²) in [5.74, 6) is 0. The lowest BCUT2D eigenvalue weighted by Crippen LogP contribution is -2.34. The van der Waals surface area contributed by atoms with Gasteiger partial charge in [-0.1, -0.05) is 43.8 Å². The third-order valence-electron chi connectivity index (χ3n) is 4.59. The first-order valence-corrected chi connectivity index (χ1v) is 8.69. The van der Waals surface area contributed by atoms with E-state index < -0.39 is 0 Å². The molecule has 0 aliphatic carbocycles. The molecule has 0 atom stereocenters. The fraction of sp³-hybridized carbons (Fsp3) is 0.478. The van der Waals surface area contributed by atoms with Crippen LogP contribution in [0.2, 0.25) is 0 Å². The summed E-state index contributed by atoms with van der Waals surface area (Å²) in [7, 11) is 4.17. The van der Waals surface area contributed by atoms with E-state index in [1.165, 1.54) is 21.8 Å². The van der Waals surface area contributed by atoms with E-state index in [0.29, 0.717) is 5.54 Å². The van der Waals surface area contributed by atoms with Gasteiger partial charge in [-0.2, -0.15) is 0 Å². The van der Waals surface area contributed by atoms with Crippen molar-refractivity contribution in [1.29, 1.82) is 0 Å². The molecule has 3 rings (SSSR count). The topological polar surface area (TPSA) is 8.17 Å². The number of aromatic nitrogens is 1. The summed E-state index contributed by atoms with van der Waals surface area (Å²) in [5.41, 5.74) is 3.07. The van der Waals surface area contributed by atoms with E-state index in [9.17, 15) is 0 Å². The van der Waals surface area contributed by atoms with Gasteiger partial charge in [0.15, 0.2) is 0 Å². The molecule has 0 aliphatic rings. The lowest BCUT2D eigenvalue weighted by molar-refractivity contribution is 0.219. The number of hydrogen-bond acceptors (Lipinski definition) is 1. The first-order chi connectivity index (χ1) is 11.0. The highest BCUT2D eigenvalue weighted by Crippen LogP contribution is 2.33. The van der Waals surface area contributed by atoms with Gasteiger partial charge in [0, 0.05) is 32.9 Å². The Kier molecular flexibility index (Phi) is 6.47. The number of benzene rings is 2. The van der Waals surface area contributed by atoms with Crippen molar-refractivity contribution in [3.8, 4) is 0 Å². The molecule has 2 heteroatoms. The van der Waals surface area contributed by atoms with Gasteiger partial charge in [0.2, 0.25) is 0 Å². The number of hydrogen-bond donors (Lipinski definition) is 0. The van der Waals surface area contributed by atoms with Crippen LogP contribution in [0.1, 0.15) is 49.0 Å². The molecule has 0 unspecified atom stereocenters. The maximum Gasteiger partial charge on any atom is 0.0496 e. The molecule has 0 amide bonds. The molecule has 0 aliphatic heterocycles. The minimum absolute atomic E-state index is 0. The van der Waals surface area contributed by atoms with Crippen molar-refractivity contribution < 1.29 is 0 Å². The third-order valence-corrected chi connectivity index (χ3v) is 4.59. The zero-order valence-corrected chi connectivity index (χ0v) is 16.5. The van der Waals surface area contributed by atoms with Gasteiger partial charge in [0.25, 0.3) is 0 Å². The molecule has 138 valence electrons. The van der Waals surface area contributed by atoms with E-state index >= 15 is 0 Å². The van der Waals surface area contributed by atoms with E-state index in [1.54, 1.807) is 0 Å². The molecular formula is C23H36N2. The molecule has 1 heterocycles. The van der Waals surface area contributed by atoms with Crippen LogP contribution < -0.4 is 0 Å². The number of para-hydroxylation sites is 2. The first-order valence-electron chi connectivity index (χ1n) is 8.69. The van der Waals surface area contributed by atoms with Crippen molar-refractivity contribution in [2.45, 2.75) is 60.0 Å². The molecule has 1 aromatic heterocycles. The van der Waals surface area contributed by atoms with Gasteiger partial charge in [-0.3, -0.25) is 0 Å². The second-order valence-corrected chi connectivity index (χ2v) is 8.61. The fourth-order valence-electron chi connectivity index (χ4n) is 2.65. The minimum Gasteiger partial charge on any atom is -0.335 e. The lowest BCUT2D eigenvalue weighted by Gasteiger charge is -2.27. The Morgan fingerprint density at radius 2 is 1.00 bits per heavy atom. The van der Waals surface area contributed by atoms with Crippen molar-refractivity contribution in [3.63, 3.8) is 0 Å². The van der Waals surface area contributed by atoms with Crippen LogP contribution >= 0.6 is 0 Å². The molecular weight excluding hydrogens is 304 g/mol. The van der Waals surface area contributed by atoms with Gasteiger partial charge < -0.3 is 9.47 Å². The average molecular weight is 341 g/mol. The van der Waals surface area contributed by atoms with E-state index in [4.69, 9.17) is 0 Å². The molecule has 3 aromatic rings. The Morgan fingerprint density at radius 1 is 0.680 bits per heavy atom. The van der Waals surface area contributed by atoms with Crippen LogP contribution in [0.5, 0.6) is 0 Å². The maximum absolute atomic E-state index is 2.43. The molecule has 25 heavy (non-hydrogen) atoms. The molecule has 0 saturated heterocycles. The van der Waals surface area contributed by atoms with Crippen LogP contribution in [-0.4, -0.2) is 29.1 Å². The highest BCUT2D eigenvalue weighted by Gasteiger charge is 2.19. The summed E-state index contributed by atoms with van der Waals surface area (Å²) in [4.78, 5) is 2.19. The summed E-state index contributed by atoms with van der Waals surface area (Å²) < 4.78 is 2.43. The molecule has 0 bridgehead atoms. The largest absolute Gasteiger partial charge is 0.335 e. The maximum atomic E-state index is 2.43. The molecule has 0 fully saturated rings. The SMILES string of the molecule is C.CC(C)(C)n1c2ccccc2c2ccccc21.CN(C)C(C)(C)C. The van der Waals surface area contributed by atoms with Gasteiger partial charge in [-0.05, 0) is 67.8 Å². The number of rotatable bonds is 0. The van der Waals surface area contributed by atoms with Gasteiger partial charge in [0.05, 0.1) is 0 Å². The molecule has 0 radical (unpaired) electrons. The molecule has 0 saturated carbocycles. The van der Waals surface area contributed by atoms with Crippen LogP contribution in [0.25, 0.3) is 21.8 Å². The molecule has 0 spiro atoms. The van der Waals surface area contributed by atoms with Crippen LogP contribution in [0.3, 0.4) is 0 Å². The first kappa shape index (κ1) is 21.2. The Hall–Kier alpha value is -1.80. The van der Waals surface area contributed by atoms with Crippen molar-refractivity contribution in [1.82, 2.24) is 9.47 Å². The van der Waals surface area contributed by atoms with Crippen molar-refractivity contribution in [2.75, 3.05) is 14.1 Å². The molecule has 2 aromatic carbocycles. The third kappa shape index (κ3) is 4.64. The van der Waals surface area contributed by atoms with Gasteiger partial charge >= 0.3 is 0 Å². The summed E-state index contributed by atoms with van der Waals surface area (Å²) in [6.45, 7) is 13.3. The standard InChI is InChI=1S/C16H17N.C6H15N.CH4/c1-16(2,3)17-14-10-6-4-8-12(14)13-9-5-7-11-15(13)17;1-6(2,3)7(4)5;/h4-11H,1-3H3;1-5H3;1H4. The minimum atomic E-state index is 0. The zero-order valence-electron chi connectivity index (χ0n) is 16.5. The highest BCUT2D eigenvalue weighted by atomic mass is 15.1. The van der Waals surface area contributed by atoms with E-state index in [1.807, 2.05) is 0 Å². The van der Waals surface area contributed by atoms with Crippen molar-refractivity contribution in [3.05, 3.63) is 48.5 Å². The van der Waals surface area contributed by atoms with Gasteiger partial charge in [0.1, 0.15) is 0 Å². The van der Waals surface area contributed by atoms with Crippen LogP contribution in [0.15, 0.2) is 48.5 Å². The fourth-order valence-corrected chi connectivity index (χ4v) is 2.65. The molecule has 0 N–H and O–H groups in total. The smallest absolute Gasteiger partial charge is 0.0496 e. The van der Waals surface area contributed by atoms with Crippen LogP contribution in [0, 0.1) is 0 Å². The number of fused-ring (bicyclic) bond motifs is 3. The van der Waals surface area contributed by atoms with Gasteiger partial charge in [-0.15, -0.1) is 0 Å². The second-order valence-electron chi connectivity index (χ2n) is 8.61. The number of nitrogens with zero attached hydrogens (tertiary/aromatic N) is 2. The summed E-state index contributed by atoms with van der Waals surface area (Å²) in [6, 6.07) is 17.3. The molecule has 2 nitrogen and oxygen atoms in total. The summed E-state index contributed by atoms with van der Waals surface area (Å²) >= 11 is 0. The Morgan fingerprint density at radius 3 is 1.28 bits per heavy atom. The highest BCUT2D eigenvalue weighted by molar-refractivity contribution is 6.08. The quantitative estimate of drug-likeness (QED) is 0.451. The predicted octanol–water partition coefficient (Wildman–Crippen LogP) is 6.53. The van der Waals surface area contributed by atoms with Crippen LogP contribution in [0.4, 0.5) is 0 Å².